The van der Waals surface area contributed by atoms with Gasteiger partial charge in [0, 0.05) is 0 Å². The summed E-state index contributed by atoms with van der Waals surface area (Å²) in [6.45, 7) is 0. The van der Waals surface area contributed by atoms with Gasteiger partial charge in [0.15, 0.2) is 0 Å². The molecule has 0 aromatic heterocycles. The number of hydrogen-bond acceptors (Lipinski definition) is 2. The average Bonchev–Trinajstić information content (AvgIpc) is 2.95. The summed E-state index contributed by atoms with van der Waals surface area (Å²) in [5, 5.41) is 17.6. The van der Waals surface area contributed by atoms with Crippen LogP contribution in [0.4, 0.5) is 35.1 Å². The van der Waals surface area contributed by atoms with E-state index in [9.17, 15) is 35.1 Å². The van der Waals surface area contributed by atoms with E-state index in [0.717, 1.165) is 80.6 Å². The number of benzene rings is 4. The highest BCUT2D eigenvalue weighted by Gasteiger charge is 2.20. The van der Waals surface area contributed by atoms with Gasteiger partial charge in [0.25, 0.3) is 0 Å². The number of nitrogens with zero attached hydrogens (tertiary/aromatic N) is 2. The Labute approximate surface area is 255 Å². The summed E-state index contributed by atoms with van der Waals surface area (Å²) in [6, 6.07) is 10.1. The van der Waals surface area contributed by atoms with Crippen LogP contribution < -0.4 is 0 Å². The number of unbranched alkanes of at least 4 members (excludes halogenated alkanes) is 6. The second kappa shape index (κ2) is 14.9. The van der Waals surface area contributed by atoms with Crippen LogP contribution in [0.25, 0.3) is 22.3 Å². The molecule has 0 atom stereocenters. The van der Waals surface area contributed by atoms with E-state index in [0.29, 0.717) is 36.8 Å². The molecule has 45 heavy (non-hydrogen) atoms. The van der Waals surface area contributed by atoms with Crippen molar-refractivity contribution in [1.29, 1.82) is 10.5 Å². The topological polar surface area (TPSA) is 47.6 Å². The molecule has 0 radical (unpaired) electrons. The van der Waals surface area contributed by atoms with E-state index in [2.05, 4.69) is 0 Å². The Bertz CT molecular complexity index is 1580. The Morgan fingerprint density at radius 3 is 0.911 bits per heavy atom. The van der Waals surface area contributed by atoms with Crippen LogP contribution in [0.15, 0.2) is 48.5 Å². The van der Waals surface area contributed by atoms with Crippen LogP contribution in [0.1, 0.15) is 67.2 Å². The van der Waals surface area contributed by atoms with E-state index in [-0.39, 0.29) is 11.1 Å². The first kappa shape index (κ1) is 33.2. The maximum atomic E-state index is 14.7. The Balaban J connectivity index is 1.20. The Hall–Kier alpha value is -4.70. The van der Waals surface area contributed by atoms with E-state index >= 15 is 0 Å². The van der Waals surface area contributed by atoms with Crippen molar-refractivity contribution in [3.05, 3.63) is 117 Å². The van der Waals surface area contributed by atoms with Gasteiger partial charge >= 0.3 is 0 Å². The molecule has 4 rings (SSSR count). The summed E-state index contributed by atoms with van der Waals surface area (Å²) >= 11 is 0. The fraction of sp³-hybridized carbons (Fsp3) is 0.257. The fourth-order valence-electron chi connectivity index (χ4n) is 5.28. The molecule has 0 N–H and O–H groups in total. The number of halogens is 8. The molecular weight excluding hydrogens is 600 g/mol. The first-order valence-electron chi connectivity index (χ1n) is 14.3. The lowest BCUT2D eigenvalue weighted by Gasteiger charge is -2.10. The highest BCUT2D eigenvalue weighted by atomic mass is 19.2. The SMILES string of the molecule is N#Cc1c(F)cc(-c2c(F)cc(CCCCCCCCCc3cc(F)c(-c4cc(F)c(C#N)c(F)c4)c(F)c3)cc2F)cc1F. The molecule has 0 spiro atoms. The van der Waals surface area contributed by atoms with Crippen LogP contribution in [0.2, 0.25) is 0 Å². The minimum absolute atomic E-state index is 0.339. The molecule has 4 aromatic rings. The summed E-state index contributed by atoms with van der Waals surface area (Å²) in [6.07, 6.45) is 6.33. The van der Waals surface area contributed by atoms with Gasteiger partial charge in [-0.15, -0.1) is 0 Å². The van der Waals surface area contributed by atoms with Crippen LogP contribution >= 0.6 is 0 Å². The average molecular weight is 627 g/mol. The van der Waals surface area contributed by atoms with E-state index in [4.69, 9.17) is 10.5 Å². The summed E-state index contributed by atoms with van der Waals surface area (Å²) in [5.41, 5.74) is -2.66. The van der Waals surface area contributed by atoms with Gasteiger partial charge in [-0.25, -0.2) is 35.1 Å². The third-order valence-electron chi connectivity index (χ3n) is 7.52. The normalized spacial score (nSPS) is 11.0. The van der Waals surface area contributed by atoms with Crippen molar-refractivity contribution in [3.8, 4) is 34.4 Å². The zero-order valence-corrected chi connectivity index (χ0v) is 23.9. The molecule has 0 saturated carbocycles. The van der Waals surface area contributed by atoms with E-state index in [1.165, 1.54) is 12.1 Å². The molecule has 0 unspecified atom stereocenters. The van der Waals surface area contributed by atoms with Crippen LogP contribution in [0.3, 0.4) is 0 Å². The van der Waals surface area contributed by atoms with Crippen molar-refractivity contribution < 1.29 is 35.1 Å². The molecule has 0 heterocycles. The fourth-order valence-corrected chi connectivity index (χ4v) is 5.28. The second-order valence-electron chi connectivity index (χ2n) is 10.7. The van der Waals surface area contributed by atoms with Gasteiger partial charge in [0.2, 0.25) is 0 Å². The van der Waals surface area contributed by atoms with Gasteiger partial charge < -0.3 is 0 Å². The zero-order chi connectivity index (χ0) is 32.7. The number of hydrogen-bond donors (Lipinski definition) is 0. The number of aryl methyl sites for hydroxylation is 2. The quantitative estimate of drug-likeness (QED) is 0.116. The molecule has 0 saturated heterocycles. The minimum atomic E-state index is -1.20. The summed E-state index contributed by atoms with van der Waals surface area (Å²) in [4.78, 5) is 0. The molecule has 0 bridgehead atoms. The molecule has 4 aromatic carbocycles. The molecule has 2 nitrogen and oxygen atoms in total. The van der Waals surface area contributed by atoms with Crippen LogP contribution in [0, 0.1) is 69.2 Å². The maximum Gasteiger partial charge on any atom is 0.144 e. The van der Waals surface area contributed by atoms with Gasteiger partial charge in [-0.3, -0.25) is 0 Å². The Morgan fingerprint density at radius 1 is 0.378 bits per heavy atom. The lowest BCUT2D eigenvalue weighted by atomic mass is 9.97. The molecule has 0 aliphatic carbocycles. The second-order valence-corrected chi connectivity index (χ2v) is 10.7. The Morgan fingerprint density at radius 2 is 0.644 bits per heavy atom. The first-order valence-corrected chi connectivity index (χ1v) is 14.3. The summed E-state index contributed by atoms with van der Waals surface area (Å²) < 4.78 is 114. The summed E-state index contributed by atoms with van der Waals surface area (Å²) in [5.74, 6) is -8.65. The van der Waals surface area contributed by atoms with Gasteiger partial charge in [-0.1, -0.05) is 32.1 Å². The van der Waals surface area contributed by atoms with Crippen molar-refractivity contribution in [2.24, 2.45) is 0 Å². The van der Waals surface area contributed by atoms with E-state index in [1.54, 1.807) is 0 Å². The van der Waals surface area contributed by atoms with E-state index in [1.807, 2.05) is 0 Å². The van der Waals surface area contributed by atoms with Crippen molar-refractivity contribution >= 4 is 0 Å². The smallest absolute Gasteiger partial charge is 0.144 e. The van der Waals surface area contributed by atoms with Crippen LogP contribution in [-0.4, -0.2) is 0 Å². The predicted octanol–water partition coefficient (Wildman–Crippen LogP) is 10.4. The first-order chi connectivity index (χ1) is 21.5. The lowest BCUT2D eigenvalue weighted by molar-refractivity contribution is 0.565. The molecule has 0 aliphatic rings. The Kier molecular flexibility index (Phi) is 11.0. The third-order valence-corrected chi connectivity index (χ3v) is 7.52. The van der Waals surface area contributed by atoms with Crippen molar-refractivity contribution in [2.45, 2.75) is 57.8 Å². The van der Waals surface area contributed by atoms with Gasteiger partial charge in [0.05, 0.1) is 11.1 Å². The van der Waals surface area contributed by atoms with Crippen molar-refractivity contribution in [2.75, 3.05) is 0 Å². The van der Waals surface area contributed by atoms with Gasteiger partial charge in [0.1, 0.15) is 69.8 Å². The highest BCUT2D eigenvalue weighted by Crippen LogP contribution is 2.32. The van der Waals surface area contributed by atoms with Crippen molar-refractivity contribution in [3.63, 3.8) is 0 Å². The lowest BCUT2D eigenvalue weighted by Crippen LogP contribution is -1.98. The van der Waals surface area contributed by atoms with E-state index < -0.39 is 68.8 Å². The van der Waals surface area contributed by atoms with Crippen LogP contribution in [0.5, 0.6) is 0 Å². The van der Waals surface area contributed by atoms with Gasteiger partial charge in [-0.05, 0) is 96.5 Å². The zero-order valence-electron chi connectivity index (χ0n) is 23.9. The maximum absolute atomic E-state index is 14.7. The minimum Gasteiger partial charge on any atom is -0.206 e. The predicted molar refractivity (Wildman–Crippen MR) is 153 cm³/mol. The number of nitriles is 2. The molecule has 10 heteroatoms. The third kappa shape index (κ3) is 7.88. The summed E-state index contributed by atoms with van der Waals surface area (Å²) in [7, 11) is 0. The highest BCUT2D eigenvalue weighted by molar-refractivity contribution is 5.67. The molecular formula is C35H26F8N2. The van der Waals surface area contributed by atoms with Gasteiger partial charge in [-0.2, -0.15) is 10.5 Å². The largest absolute Gasteiger partial charge is 0.206 e. The standard InChI is InChI=1S/C35H26F8N2/c36-26-14-22(15-27(37)24(26)18-44)34-30(40)10-20(11-31(34)41)8-6-4-2-1-3-5-7-9-21-12-32(42)35(33(43)13-21)23-16-28(38)25(19-45)29(39)17-23/h10-17H,1-9H2. The van der Waals surface area contributed by atoms with Crippen LogP contribution in [-0.2, 0) is 12.8 Å². The molecule has 0 aliphatic heterocycles. The van der Waals surface area contributed by atoms with Crippen molar-refractivity contribution in [1.82, 2.24) is 0 Å². The molecule has 0 fully saturated rings. The monoisotopic (exact) mass is 626 g/mol. The molecule has 232 valence electrons. The molecule has 0 amide bonds. The number of rotatable bonds is 12.